The lowest BCUT2D eigenvalue weighted by atomic mass is 9.91. The summed E-state index contributed by atoms with van der Waals surface area (Å²) in [4.78, 5) is 42.4. The van der Waals surface area contributed by atoms with Crippen molar-refractivity contribution in [1.29, 1.82) is 0 Å². The third-order valence-corrected chi connectivity index (χ3v) is 6.10. The normalized spacial score (nSPS) is 20.1. The van der Waals surface area contributed by atoms with Gasteiger partial charge in [0.15, 0.2) is 0 Å². The number of imide groups is 1. The quantitative estimate of drug-likeness (QED) is 0.621. The van der Waals surface area contributed by atoms with Crippen LogP contribution >= 0.6 is 0 Å². The first kappa shape index (κ1) is 23.6. The number of ether oxygens (including phenoxy) is 2. The van der Waals surface area contributed by atoms with Gasteiger partial charge in [-0.25, -0.2) is 4.79 Å². The molecule has 0 aliphatic carbocycles. The first-order chi connectivity index (χ1) is 16.5. The number of nitrogens with one attached hydrogen (secondary N) is 2. The Labute approximate surface area is 199 Å². The SMILES string of the molecule is CCOc1ccccc1NC(=O)CN1C(=O)N(Cc2ccc(OC)cc2)C(=O)C2CCCNC21. The second-order valence-electron chi connectivity index (χ2n) is 8.31. The average molecular weight is 467 g/mol. The predicted octanol–water partition coefficient (Wildman–Crippen LogP) is 2.82. The number of piperidine rings is 1. The van der Waals surface area contributed by atoms with Crippen LogP contribution in [0.1, 0.15) is 25.3 Å². The topological polar surface area (TPSA) is 100 Å². The highest BCUT2D eigenvalue weighted by Crippen LogP contribution is 2.30. The molecule has 4 amide bonds. The van der Waals surface area contributed by atoms with Crippen molar-refractivity contribution in [3.05, 3.63) is 54.1 Å². The predicted molar refractivity (Wildman–Crippen MR) is 126 cm³/mol. The molecule has 0 bridgehead atoms. The van der Waals surface area contributed by atoms with Crippen molar-refractivity contribution in [3.63, 3.8) is 0 Å². The van der Waals surface area contributed by atoms with E-state index in [1.807, 2.05) is 25.1 Å². The van der Waals surface area contributed by atoms with Gasteiger partial charge >= 0.3 is 6.03 Å². The number of hydrogen-bond donors (Lipinski definition) is 2. The molecular weight excluding hydrogens is 436 g/mol. The minimum absolute atomic E-state index is 0.135. The van der Waals surface area contributed by atoms with Gasteiger partial charge in [0.1, 0.15) is 18.0 Å². The van der Waals surface area contributed by atoms with Gasteiger partial charge in [-0.3, -0.25) is 24.7 Å². The molecule has 2 atom stereocenters. The van der Waals surface area contributed by atoms with Crippen molar-refractivity contribution in [2.75, 3.05) is 32.1 Å². The second-order valence-corrected chi connectivity index (χ2v) is 8.31. The molecule has 2 fully saturated rings. The summed E-state index contributed by atoms with van der Waals surface area (Å²) in [6.07, 6.45) is 0.988. The summed E-state index contributed by atoms with van der Waals surface area (Å²) in [6.45, 7) is 2.98. The Kier molecular flexibility index (Phi) is 7.32. The van der Waals surface area contributed by atoms with E-state index in [9.17, 15) is 14.4 Å². The molecule has 180 valence electrons. The molecule has 2 aromatic carbocycles. The molecule has 2 aliphatic rings. The number of para-hydroxylation sites is 2. The van der Waals surface area contributed by atoms with Gasteiger partial charge in [-0.1, -0.05) is 24.3 Å². The fourth-order valence-electron chi connectivity index (χ4n) is 4.45. The Bertz CT molecular complexity index is 1040. The summed E-state index contributed by atoms with van der Waals surface area (Å²) >= 11 is 0. The van der Waals surface area contributed by atoms with Gasteiger partial charge < -0.3 is 14.8 Å². The molecular formula is C25H30N4O5. The Balaban J connectivity index is 1.53. The van der Waals surface area contributed by atoms with E-state index >= 15 is 0 Å². The number of urea groups is 1. The number of nitrogens with zero attached hydrogens (tertiary/aromatic N) is 2. The molecule has 2 N–H and O–H groups in total. The zero-order valence-corrected chi connectivity index (χ0v) is 19.5. The van der Waals surface area contributed by atoms with Gasteiger partial charge in [-0.15, -0.1) is 0 Å². The van der Waals surface area contributed by atoms with Crippen molar-refractivity contribution in [2.24, 2.45) is 5.92 Å². The lowest BCUT2D eigenvalue weighted by Gasteiger charge is -2.46. The Morgan fingerprint density at radius 2 is 1.91 bits per heavy atom. The molecule has 34 heavy (non-hydrogen) atoms. The van der Waals surface area contributed by atoms with E-state index in [1.165, 1.54) is 9.80 Å². The van der Waals surface area contributed by atoms with E-state index in [-0.39, 0.29) is 24.9 Å². The van der Waals surface area contributed by atoms with Gasteiger partial charge in [-0.2, -0.15) is 0 Å². The van der Waals surface area contributed by atoms with Gasteiger partial charge in [0, 0.05) is 0 Å². The molecule has 4 rings (SSSR count). The first-order valence-corrected chi connectivity index (χ1v) is 11.5. The molecule has 2 aliphatic heterocycles. The van der Waals surface area contributed by atoms with Crippen molar-refractivity contribution >= 4 is 23.5 Å². The maximum atomic E-state index is 13.4. The van der Waals surface area contributed by atoms with Crippen LogP contribution in [0.4, 0.5) is 10.5 Å². The monoisotopic (exact) mass is 466 g/mol. The van der Waals surface area contributed by atoms with Crippen molar-refractivity contribution < 1.29 is 23.9 Å². The van der Waals surface area contributed by atoms with Crippen LogP contribution in [0.3, 0.4) is 0 Å². The zero-order chi connectivity index (χ0) is 24.1. The molecule has 2 unspecified atom stereocenters. The highest BCUT2D eigenvalue weighted by Gasteiger charge is 2.47. The minimum atomic E-state index is -0.506. The minimum Gasteiger partial charge on any atom is -0.497 e. The number of rotatable bonds is 8. The molecule has 9 nitrogen and oxygen atoms in total. The smallest absolute Gasteiger partial charge is 0.328 e. The number of benzene rings is 2. The third kappa shape index (κ3) is 4.99. The zero-order valence-electron chi connectivity index (χ0n) is 19.5. The summed E-state index contributed by atoms with van der Waals surface area (Å²) in [7, 11) is 1.58. The van der Waals surface area contributed by atoms with Gasteiger partial charge in [0.25, 0.3) is 0 Å². The van der Waals surface area contributed by atoms with E-state index in [0.717, 1.165) is 12.0 Å². The van der Waals surface area contributed by atoms with Crippen LogP contribution in [0, 0.1) is 5.92 Å². The summed E-state index contributed by atoms with van der Waals surface area (Å²) in [5.41, 5.74) is 1.35. The van der Waals surface area contributed by atoms with Crippen LogP contribution in [-0.4, -0.2) is 60.6 Å². The maximum Gasteiger partial charge on any atom is 0.328 e. The van der Waals surface area contributed by atoms with Crippen LogP contribution in [0.25, 0.3) is 0 Å². The Morgan fingerprint density at radius 3 is 2.65 bits per heavy atom. The van der Waals surface area contributed by atoms with Crippen LogP contribution in [0.2, 0.25) is 0 Å². The number of amides is 4. The molecule has 2 aromatic rings. The number of hydrogen-bond acceptors (Lipinski definition) is 6. The molecule has 0 aromatic heterocycles. The molecule has 0 spiro atoms. The van der Waals surface area contributed by atoms with E-state index in [0.29, 0.717) is 36.8 Å². The highest BCUT2D eigenvalue weighted by molar-refractivity contribution is 6.01. The second kappa shape index (κ2) is 10.6. The van der Waals surface area contributed by atoms with Crippen molar-refractivity contribution in [1.82, 2.24) is 15.1 Å². The number of methoxy groups -OCH3 is 1. The van der Waals surface area contributed by atoms with Crippen molar-refractivity contribution in [2.45, 2.75) is 32.5 Å². The average Bonchev–Trinajstić information content (AvgIpc) is 2.86. The van der Waals surface area contributed by atoms with Crippen LogP contribution in [0.15, 0.2) is 48.5 Å². The van der Waals surface area contributed by atoms with Gasteiger partial charge in [0.05, 0.1) is 38.0 Å². The fourth-order valence-corrected chi connectivity index (χ4v) is 4.45. The van der Waals surface area contributed by atoms with E-state index in [1.54, 1.807) is 37.4 Å². The van der Waals surface area contributed by atoms with E-state index < -0.39 is 18.1 Å². The van der Waals surface area contributed by atoms with E-state index in [2.05, 4.69) is 10.6 Å². The Morgan fingerprint density at radius 1 is 1.15 bits per heavy atom. The van der Waals surface area contributed by atoms with Crippen LogP contribution in [-0.2, 0) is 16.1 Å². The first-order valence-electron chi connectivity index (χ1n) is 11.5. The third-order valence-electron chi connectivity index (χ3n) is 6.10. The summed E-state index contributed by atoms with van der Waals surface area (Å²) in [5.74, 6) is 0.297. The lowest BCUT2D eigenvalue weighted by molar-refractivity contribution is -0.143. The Hall–Kier alpha value is -3.59. The van der Waals surface area contributed by atoms with Gasteiger partial charge in [-0.05, 0) is 56.1 Å². The molecule has 2 heterocycles. The molecule has 0 saturated carbocycles. The molecule has 2 saturated heterocycles. The van der Waals surface area contributed by atoms with Crippen LogP contribution < -0.4 is 20.1 Å². The summed E-state index contributed by atoms with van der Waals surface area (Å²) < 4.78 is 10.8. The number of anilines is 1. The molecule has 0 radical (unpaired) electrons. The van der Waals surface area contributed by atoms with Crippen molar-refractivity contribution in [3.8, 4) is 11.5 Å². The van der Waals surface area contributed by atoms with Crippen LogP contribution in [0.5, 0.6) is 11.5 Å². The van der Waals surface area contributed by atoms with Gasteiger partial charge in [0.2, 0.25) is 11.8 Å². The molecule has 9 heteroatoms. The standard InChI is InChI=1S/C25H30N4O5/c1-3-34-21-9-5-4-8-20(21)27-22(30)16-28-23-19(7-6-14-26-23)24(31)29(25(28)32)15-17-10-12-18(33-2)13-11-17/h4-5,8-13,19,23,26H,3,6-7,14-16H2,1-2H3,(H,27,30). The lowest BCUT2D eigenvalue weighted by Crippen LogP contribution is -2.68. The summed E-state index contributed by atoms with van der Waals surface area (Å²) in [5, 5.41) is 6.11. The number of fused-ring (bicyclic) bond motifs is 1. The highest BCUT2D eigenvalue weighted by atomic mass is 16.5. The number of carbonyl (C=O) groups excluding carboxylic acids is 3. The van der Waals surface area contributed by atoms with E-state index in [4.69, 9.17) is 9.47 Å². The maximum absolute atomic E-state index is 13.4. The largest absolute Gasteiger partial charge is 0.497 e. The fraction of sp³-hybridized carbons (Fsp3) is 0.400. The number of carbonyl (C=O) groups is 3. The summed E-state index contributed by atoms with van der Waals surface area (Å²) in [6, 6.07) is 13.9.